The first-order chi connectivity index (χ1) is 12.6. The number of nitrogens with one attached hydrogen (secondary N) is 1. The fourth-order valence-electron chi connectivity index (χ4n) is 6.48. The van der Waals surface area contributed by atoms with Gasteiger partial charge in [-0.2, -0.15) is 0 Å². The minimum atomic E-state index is -0.597. The summed E-state index contributed by atoms with van der Waals surface area (Å²) >= 11 is 0. The van der Waals surface area contributed by atoms with E-state index in [1.54, 1.807) is 11.5 Å². The van der Waals surface area contributed by atoms with Crippen LogP contribution in [0.3, 0.4) is 0 Å². The van der Waals surface area contributed by atoms with Crippen LogP contribution in [0.15, 0.2) is 12.1 Å². The molecule has 1 aromatic rings. The molecule has 26 heavy (non-hydrogen) atoms. The van der Waals surface area contributed by atoms with Crippen molar-refractivity contribution < 1.29 is 14.8 Å². The van der Waals surface area contributed by atoms with Gasteiger partial charge < -0.3 is 4.90 Å². The predicted molar refractivity (Wildman–Crippen MR) is 93.2 cm³/mol. The summed E-state index contributed by atoms with van der Waals surface area (Å²) in [5, 5.41) is 8.77. The van der Waals surface area contributed by atoms with E-state index in [1.807, 2.05) is 11.0 Å². The summed E-state index contributed by atoms with van der Waals surface area (Å²) in [6, 6.07) is 3.48. The molecule has 0 atom stereocenters. The van der Waals surface area contributed by atoms with Gasteiger partial charge in [-0.05, 0) is 67.9 Å². The van der Waals surface area contributed by atoms with Crippen LogP contribution in [-0.2, 0) is 17.8 Å². The molecule has 6 rings (SSSR count). The number of rotatable bonds is 2. The standard InChI is InChI=1S/C20H25N3O3/c24-18(22-26)17-2-1-15-11-23(4-3-16(15)21-17)19(25)20-8-12-5-13(9-20)7-14(6-12)10-20/h1-2,12-14,26H,3-11H2,(H,22,24). The lowest BCUT2D eigenvalue weighted by Gasteiger charge is -2.56. The lowest BCUT2D eigenvalue weighted by Crippen LogP contribution is -2.55. The largest absolute Gasteiger partial charge is 0.337 e. The summed E-state index contributed by atoms with van der Waals surface area (Å²) < 4.78 is 0. The molecule has 1 aromatic heterocycles. The van der Waals surface area contributed by atoms with Crippen molar-refractivity contribution in [2.45, 2.75) is 51.5 Å². The Bertz CT molecular complexity index is 740. The van der Waals surface area contributed by atoms with Crippen LogP contribution in [0.2, 0.25) is 0 Å². The molecule has 0 aromatic carbocycles. The highest BCUT2D eigenvalue weighted by molar-refractivity contribution is 5.91. The molecule has 6 nitrogen and oxygen atoms in total. The second-order valence-electron chi connectivity index (χ2n) is 8.92. The molecule has 0 spiro atoms. The first-order valence-corrected chi connectivity index (χ1v) is 9.79. The van der Waals surface area contributed by atoms with Crippen molar-refractivity contribution >= 4 is 11.8 Å². The first-order valence-electron chi connectivity index (χ1n) is 9.79. The highest BCUT2D eigenvalue weighted by atomic mass is 16.5. The maximum Gasteiger partial charge on any atom is 0.293 e. The van der Waals surface area contributed by atoms with E-state index < -0.39 is 5.91 Å². The average molecular weight is 355 g/mol. The summed E-state index contributed by atoms with van der Waals surface area (Å²) in [6.07, 6.45) is 7.97. The van der Waals surface area contributed by atoms with Crippen molar-refractivity contribution in [1.82, 2.24) is 15.4 Å². The summed E-state index contributed by atoms with van der Waals surface area (Å²) in [7, 11) is 0. The molecule has 2 amide bonds. The van der Waals surface area contributed by atoms with Crippen molar-refractivity contribution in [3.63, 3.8) is 0 Å². The molecule has 2 heterocycles. The number of aromatic nitrogens is 1. The molecule has 138 valence electrons. The quantitative estimate of drug-likeness (QED) is 0.630. The Labute approximate surface area is 152 Å². The van der Waals surface area contributed by atoms with Crippen LogP contribution < -0.4 is 5.48 Å². The van der Waals surface area contributed by atoms with E-state index in [4.69, 9.17) is 5.21 Å². The number of carbonyl (C=O) groups excluding carboxylic acids is 2. The van der Waals surface area contributed by atoms with E-state index in [-0.39, 0.29) is 11.1 Å². The van der Waals surface area contributed by atoms with E-state index in [2.05, 4.69) is 4.98 Å². The van der Waals surface area contributed by atoms with Gasteiger partial charge in [0.1, 0.15) is 5.69 Å². The fraction of sp³-hybridized carbons (Fsp3) is 0.650. The Hall–Kier alpha value is -1.95. The van der Waals surface area contributed by atoms with Gasteiger partial charge in [0, 0.05) is 25.2 Å². The third-order valence-electron chi connectivity index (χ3n) is 7.16. The highest BCUT2D eigenvalue weighted by Crippen LogP contribution is 2.60. The Balaban J connectivity index is 1.36. The van der Waals surface area contributed by atoms with Gasteiger partial charge in [-0.15, -0.1) is 0 Å². The van der Waals surface area contributed by atoms with Crippen molar-refractivity contribution in [1.29, 1.82) is 0 Å². The van der Waals surface area contributed by atoms with E-state index in [0.717, 1.165) is 48.3 Å². The number of fused-ring (bicyclic) bond motifs is 1. The summed E-state index contributed by atoms with van der Waals surface area (Å²) in [6.45, 7) is 1.26. The van der Waals surface area contributed by atoms with E-state index in [9.17, 15) is 9.59 Å². The van der Waals surface area contributed by atoms with E-state index >= 15 is 0 Å². The fourth-order valence-corrected chi connectivity index (χ4v) is 6.48. The summed E-state index contributed by atoms with van der Waals surface area (Å²) in [4.78, 5) is 31.4. The average Bonchev–Trinajstić information content (AvgIpc) is 2.65. The van der Waals surface area contributed by atoms with E-state index in [0.29, 0.717) is 25.4 Å². The molecular weight excluding hydrogens is 330 g/mol. The van der Waals surface area contributed by atoms with Gasteiger partial charge in [0.2, 0.25) is 5.91 Å². The molecule has 4 fully saturated rings. The number of pyridine rings is 1. The van der Waals surface area contributed by atoms with Crippen LogP contribution in [0.1, 0.15) is 60.3 Å². The van der Waals surface area contributed by atoms with Gasteiger partial charge in [-0.1, -0.05) is 6.07 Å². The lowest BCUT2D eigenvalue weighted by molar-refractivity contribution is -0.158. The van der Waals surface area contributed by atoms with Crippen LogP contribution in [0.5, 0.6) is 0 Å². The van der Waals surface area contributed by atoms with Gasteiger partial charge in [0.25, 0.3) is 5.91 Å². The maximum absolute atomic E-state index is 13.5. The Morgan fingerprint density at radius 1 is 1.12 bits per heavy atom. The molecule has 0 unspecified atom stereocenters. The Kier molecular flexibility index (Phi) is 3.61. The van der Waals surface area contributed by atoms with Crippen LogP contribution in [-0.4, -0.2) is 33.5 Å². The zero-order chi connectivity index (χ0) is 17.9. The Morgan fingerprint density at radius 2 is 1.77 bits per heavy atom. The molecule has 0 radical (unpaired) electrons. The smallest absolute Gasteiger partial charge is 0.293 e. The second kappa shape index (κ2) is 5.78. The number of nitrogens with zero attached hydrogens (tertiary/aromatic N) is 2. The molecule has 2 N–H and O–H groups in total. The van der Waals surface area contributed by atoms with Gasteiger partial charge >= 0.3 is 0 Å². The minimum absolute atomic E-state index is 0.101. The number of carbonyl (C=O) groups is 2. The van der Waals surface area contributed by atoms with Gasteiger partial charge in [-0.3, -0.25) is 14.8 Å². The molecule has 6 heteroatoms. The highest BCUT2D eigenvalue weighted by Gasteiger charge is 2.55. The molecule has 4 aliphatic carbocycles. The molecular formula is C20H25N3O3. The van der Waals surface area contributed by atoms with Crippen molar-refractivity contribution in [3.05, 3.63) is 29.1 Å². The van der Waals surface area contributed by atoms with Crippen LogP contribution in [0, 0.1) is 23.2 Å². The molecule has 1 aliphatic heterocycles. The zero-order valence-electron chi connectivity index (χ0n) is 14.9. The Morgan fingerprint density at radius 3 is 2.38 bits per heavy atom. The zero-order valence-corrected chi connectivity index (χ0v) is 14.9. The van der Waals surface area contributed by atoms with Crippen molar-refractivity contribution in [2.75, 3.05) is 6.54 Å². The third-order valence-corrected chi connectivity index (χ3v) is 7.16. The lowest BCUT2D eigenvalue weighted by atomic mass is 9.49. The van der Waals surface area contributed by atoms with Crippen LogP contribution in [0.25, 0.3) is 0 Å². The van der Waals surface area contributed by atoms with Crippen LogP contribution in [0.4, 0.5) is 0 Å². The maximum atomic E-state index is 13.5. The molecule has 0 saturated heterocycles. The summed E-state index contributed by atoms with van der Waals surface area (Å²) in [5.74, 6) is 2.06. The van der Waals surface area contributed by atoms with E-state index in [1.165, 1.54) is 19.3 Å². The second-order valence-corrected chi connectivity index (χ2v) is 8.92. The molecule has 4 saturated carbocycles. The van der Waals surface area contributed by atoms with Crippen LogP contribution >= 0.6 is 0 Å². The van der Waals surface area contributed by atoms with Gasteiger partial charge in [-0.25, -0.2) is 10.5 Å². The van der Waals surface area contributed by atoms with Gasteiger partial charge in [0.05, 0.1) is 5.41 Å². The van der Waals surface area contributed by atoms with Crippen molar-refractivity contribution in [3.8, 4) is 0 Å². The SMILES string of the molecule is O=C(NO)c1ccc2c(n1)CCN(C(=O)C13CC4CC(CC(C4)C1)C3)C2. The predicted octanol–water partition coefficient (Wildman–Crippen LogP) is 2.30. The summed E-state index contributed by atoms with van der Waals surface area (Å²) in [5.41, 5.74) is 3.62. The monoisotopic (exact) mass is 355 g/mol. The number of amides is 2. The number of hydrogen-bond acceptors (Lipinski definition) is 4. The number of hydroxylamine groups is 1. The molecule has 5 aliphatic rings. The molecule has 4 bridgehead atoms. The minimum Gasteiger partial charge on any atom is -0.337 e. The topological polar surface area (TPSA) is 82.5 Å². The first kappa shape index (κ1) is 16.2. The van der Waals surface area contributed by atoms with Crippen molar-refractivity contribution in [2.24, 2.45) is 23.2 Å². The number of hydrogen-bond donors (Lipinski definition) is 2. The third kappa shape index (κ3) is 2.46. The normalized spacial score (nSPS) is 34.5. The van der Waals surface area contributed by atoms with Gasteiger partial charge in [0.15, 0.2) is 0 Å².